The molecule has 2 aromatic heterocycles. The summed E-state index contributed by atoms with van der Waals surface area (Å²) in [7, 11) is 0. The van der Waals surface area contributed by atoms with Gasteiger partial charge in [-0.1, -0.05) is 47.7 Å². The number of carbonyl (C=O) groups excluding carboxylic acids is 1. The van der Waals surface area contributed by atoms with E-state index in [4.69, 9.17) is 9.15 Å². The lowest BCUT2D eigenvalue weighted by molar-refractivity contribution is -0.119. The molecule has 4 aromatic rings. The summed E-state index contributed by atoms with van der Waals surface area (Å²) in [5, 5.41) is 13.4. The van der Waals surface area contributed by atoms with Crippen LogP contribution in [0.1, 0.15) is 18.4 Å². The number of carbonyl (C=O) groups is 1. The Morgan fingerprint density at radius 2 is 2.03 bits per heavy atom. The van der Waals surface area contributed by atoms with Crippen molar-refractivity contribution in [3.63, 3.8) is 0 Å². The second kappa shape index (κ2) is 9.18. The number of nitrogens with zero attached hydrogens (tertiary/aromatic N) is 3. The molecule has 1 fully saturated rings. The van der Waals surface area contributed by atoms with Crippen LogP contribution in [0.2, 0.25) is 0 Å². The summed E-state index contributed by atoms with van der Waals surface area (Å²) in [6, 6.07) is 17.9. The van der Waals surface area contributed by atoms with Gasteiger partial charge in [0.05, 0.1) is 11.9 Å². The molecule has 1 atom stereocenters. The molecule has 1 aliphatic rings. The largest absolute Gasteiger partial charge is 0.453 e. The smallest absolute Gasteiger partial charge is 0.230 e. The number of hydrogen-bond donors (Lipinski definition) is 1. The minimum Gasteiger partial charge on any atom is -0.453 e. The van der Waals surface area contributed by atoms with Crippen LogP contribution in [0.25, 0.3) is 28.2 Å². The minimum atomic E-state index is -0.0470. The van der Waals surface area contributed by atoms with Gasteiger partial charge in [0.1, 0.15) is 5.58 Å². The van der Waals surface area contributed by atoms with E-state index in [1.807, 2.05) is 66.1 Å². The van der Waals surface area contributed by atoms with Crippen LogP contribution in [-0.2, 0) is 9.53 Å². The van der Waals surface area contributed by atoms with Crippen molar-refractivity contribution in [3.05, 3.63) is 60.2 Å². The number of ether oxygens (including phenoxy) is 1. The summed E-state index contributed by atoms with van der Waals surface area (Å²) in [5.74, 6) is 1.44. The van der Waals surface area contributed by atoms with Gasteiger partial charge in [-0.25, -0.2) is 0 Å². The highest BCUT2D eigenvalue weighted by atomic mass is 32.2. The Hall–Kier alpha value is -3.10. The molecule has 1 aliphatic heterocycles. The van der Waals surface area contributed by atoms with Crippen LogP contribution in [0.15, 0.2) is 64.2 Å². The van der Waals surface area contributed by atoms with E-state index in [1.54, 1.807) is 0 Å². The van der Waals surface area contributed by atoms with E-state index in [2.05, 4.69) is 15.5 Å². The molecule has 0 aliphatic carbocycles. The third-order valence-electron chi connectivity index (χ3n) is 5.45. The molecule has 1 N–H and O–H groups in total. The lowest BCUT2D eigenvalue weighted by Crippen LogP contribution is -2.32. The SMILES string of the molecule is Cc1ccc(-n2c(SCC(=O)NC[C@@H]3CCCO3)nnc2-c2cc3ccccc3o2)cc1. The predicted octanol–water partition coefficient (Wildman–Crippen LogP) is 4.38. The highest BCUT2D eigenvalue weighted by molar-refractivity contribution is 7.99. The molecule has 7 nitrogen and oxygen atoms in total. The number of aryl methyl sites for hydroxylation is 1. The number of amides is 1. The number of rotatable bonds is 7. The molecule has 0 spiro atoms. The van der Waals surface area contributed by atoms with Gasteiger partial charge >= 0.3 is 0 Å². The van der Waals surface area contributed by atoms with Gasteiger partial charge in [0.25, 0.3) is 0 Å². The van der Waals surface area contributed by atoms with Crippen molar-refractivity contribution < 1.29 is 13.9 Å². The van der Waals surface area contributed by atoms with E-state index in [-0.39, 0.29) is 17.8 Å². The van der Waals surface area contributed by atoms with E-state index in [1.165, 1.54) is 11.8 Å². The van der Waals surface area contributed by atoms with Gasteiger partial charge in [0.2, 0.25) is 11.7 Å². The third-order valence-corrected chi connectivity index (χ3v) is 6.38. The first kappa shape index (κ1) is 20.8. The summed E-state index contributed by atoms with van der Waals surface area (Å²) in [4.78, 5) is 12.4. The Labute approximate surface area is 190 Å². The zero-order chi connectivity index (χ0) is 21.9. The average molecular weight is 449 g/mol. The van der Waals surface area contributed by atoms with Crippen LogP contribution in [0.5, 0.6) is 0 Å². The molecule has 5 rings (SSSR count). The summed E-state index contributed by atoms with van der Waals surface area (Å²) >= 11 is 1.35. The van der Waals surface area contributed by atoms with E-state index >= 15 is 0 Å². The maximum absolute atomic E-state index is 12.4. The first-order valence-corrected chi connectivity index (χ1v) is 11.7. The number of thioether (sulfide) groups is 1. The highest BCUT2D eigenvalue weighted by Crippen LogP contribution is 2.31. The molecule has 0 saturated carbocycles. The second-order valence-corrected chi connectivity index (χ2v) is 8.80. The van der Waals surface area contributed by atoms with Crippen LogP contribution in [0.4, 0.5) is 0 Å². The summed E-state index contributed by atoms with van der Waals surface area (Å²) in [6.07, 6.45) is 2.18. The van der Waals surface area contributed by atoms with E-state index in [0.717, 1.165) is 41.7 Å². The fourth-order valence-corrected chi connectivity index (χ4v) is 4.54. The lowest BCUT2D eigenvalue weighted by atomic mass is 10.2. The van der Waals surface area contributed by atoms with Crippen LogP contribution >= 0.6 is 11.8 Å². The quantitative estimate of drug-likeness (QED) is 0.423. The third kappa shape index (κ3) is 4.42. The molecule has 164 valence electrons. The maximum Gasteiger partial charge on any atom is 0.230 e. The number of nitrogens with one attached hydrogen (secondary N) is 1. The number of furan rings is 1. The molecule has 2 aromatic carbocycles. The summed E-state index contributed by atoms with van der Waals surface area (Å²) in [5.41, 5.74) is 2.87. The normalized spacial score (nSPS) is 16.0. The van der Waals surface area contributed by atoms with Gasteiger partial charge < -0.3 is 14.5 Å². The molecule has 1 amide bonds. The lowest BCUT2D eigenvalue weighted by Gasteiger charge is -2.11. The molecule has 8 heteroatoms. The Kier molecular flexibility index (Phi) is 5.96. The van der Waals surface area contributed by atoms with Gasteiger partial charge in [-0.3, -0.25) is 9.36 Å². The first-order valence-electron chi connectivity index (χ1n) is 10.7. The van der Waals surface area contributed by atoms with Crippen LogP contribution in [-0.4, -0.2) is 45.7 Å². The number of hydrogen-bond acceptors (Lipinski definition) is 6. The Morgan fingerprint density at radius 1 is 1.19 bits per heavy atom. The fourth-order valence-electron chi connectivity index (χ4n) is 3.76. The fraction of sp³-hybridized carbons (Fsp3) is 0.292. The standard InChI is InChI=1S/C24H24N4O3S/c1-16-8-10-18(11-9-16)28-23(21-13-17-5-2-3-7-20(17)31-21)26-27-24(28)32-15-22(29)25-14-19-6-4-12-30-19/h2-3,5,7-11,13,19H,4,6,12,14-15H2,1H3,(H,25,29)/t19-/m0/s1. The van der Waals surface area contributed by atoms with Gasteiger partial charge in [-0.15, -0.1) is 10.2 Å². The summed E-state index contributed by atoms with van der Waals surface area (Å²) in [6.45, 7) is 3.37. The molecular formula is C24H24N4O3S. The van der Waals surface area contributed by atoms with E-state index in [9.17, 15) is 4.79 Å². The summed E-state index contributed by atoms with van der Waals surface area (Å²) < 4.78 is 13.6. The van der Waals surface area contributed by atoms with Crippen molar-refractivity contribution in [2.45, 2.75) is 31.0 Å². The van der Waals surface area contributed by atoms with Crippen molar-refractivity contribution in [1.29, 1.82) is 0 Å². The number of aromatic nitrogens is 3. The van der Waals surface area contributed by atoms with Crippen LogP contribution in [0, 0.1) is 6.92 Å². The predicted molar refractivity (Wildman–Crippen MR) is 124 cm³/mol. The first-order chi connectivity index (χ1) is 15.7. The Balaban J connectivity index is 1.40. The Morgan fingerprint density at radius 3 is 2.81 bits per heavy atom. The topological polar surface area (TPSA) is 82.2 Å². The van der Waals surface area contributed by atoms with Crippen LogP contribution < -0.4 is 5.32 Å². The van der Waals surface area contributed by atoms with Gasteiger partial charge in [0.15, 0.2) is 10.9 Å². The number of benzene rings is 2. The average Bonchev–Trinajstić information content (AvgIpc) is 3.56. The van der Waals surface area contributed by atoms with Gasteiger partial charge in [-0.05, 0) is 44.0 Å². The number of para-hydroxylation sites is 1. The minimum absolute atomic E-state index is 0.0470. The van der Waals surface area contributed by atoms with E-state index < -0.39 is 0 Å². The second-order valence-electron chi connectivity index (χ2n) is 7.85. The van der Waals surface area contributed by atoms with Crippen molar-refractivity contribution >= 4 is 28.6 Å². The molecule has 32 heavy (non-hydrogen) atoms. The monoisotopic (exact) mass is 448 g/mol. The number of fused-ring (bicyclic) bond motifs is 1. The Bertz CT molecular complexity index is 1190. The molecule has 0 radical (unpaired) electrons. The molecule has 3 heterocycles. The molecular weight excluding hydrogens is 424 g/mol. The van der Waals surface area contributed by atoms with Crippen LogP contribution in [0.3, 0.4) is 0 Å². The van der Waals surface area contributed by atoms with Gasteiger partial charge in [-0.2, -0.15) is 0 Å². The maximum atomic E-state index is 12.4. The molecule has 0 bridgehead atoms. The van der Waals surface area contributed by atoms with Crippen molar-refractivity contribution in [1.82, 2.24) is 20.1 Å². The van der Waals surface area contributed by atoms with Crippen molar-refractivity contribution in [3.8, 4) is 17.3 Å². The van der Waals surface area contributed by atoms with Crippen molar-refractivity contribution in [2.24, 2.45) is 0 Å². The zero-order valence-electron chi connectivity index (χ0n) is 17.8. The highest BCUT2D eigenvalue weighted by Gasteiger charge is 2.21. The van der Waals surface area contributed by atoms with Crippen molar-refractivity contribution in [2.75, 3.05) is 18.9 Å². The molecule has 0 unspecified atom stereocenters. The molecule has 1 saturated heterocycles. The van der Waals surface area contributed by atoms with Gasteiger partial charge in [0, 0.05) is 24.2 Å². The zero-order valence-corrected chi connectivity index (χ0v) is 18.6. The van der Waals surface area contributed by atoms with E-state index in [0.29, 0.717) is 23.3 Å².